The zero-order valence-electron chi connectivity index (χ0n) is 22.9. The maximum Gasteiger partial charge on any atom is 0.259 e. The SMILES string of the molecule is CC(C)(C)CC(C)(C)c1ccc(OCCOc2ccccc2NC(=O)c2ccc3ccccc3c2O)cc1. The van der Waals surface area contributed by atoms with Gasteiger partial charge in [-0.1, -0.05) is 89.2 Å². The van der Waals surface area contributed by atoms with E-state index in [2.05, 4.69) is 52.1 Å². The molecule has 0 aromatic heterocycles. The van der Waals surface area contributed by atoms with E-state index >= 15 is 0 Å². The molecule has 0 saturated carbocycles. The van der Waals surface area contributed by atoms with Crippen molar-refractivity contribution in [2.45, 2.75) is 46.5 Å². The predicted octanol–water partition coefficient (Wildman–Crippen LogP) is 7.97. The summed E-state index contributed by atoms with van der Waals surface area (Å²) in [5.74, 6) is 0.872. The van der Waals surface area contributed by atoms with Crippen molar-refractivity contribution in [1.82, 2.24) is 0 Å². The first-order valence-corrected chi connectivity index (χ1v) is 13.0. The van der Waals surface area contributed by atoms with Gasteiger partial charge in [-0.3, -0.25) is 4.79 Å². The van der Waals surface area contributed by atoms with Crippen LogP contribution in [0.1, 0.15) is 57.0 Å². The number of hydrogen-bond acceptors (Lipinski definition) is 4. The van der Waals surface area contributed by atoms with E-state index in [9.17, 15) is 9.90 Å². The zero-order chi connectivity index (χ0) is 27.3. The Morgan fingerprint density at radius 3 is 2.18 bits per heavy atom. The Labute approximate surface area is 225 Å². The monoisotopic (exact) mass is 511 g/mol. The molecule has 0 aliphatic carbocycles. The van der Waals surface area contributed by atoms with Crippen LogP contribution in [0.2, 0.25) is 0 Å². The molecule has 0 atom stereocenters. The molecular weight excluding hydrogens is 474 g/mol. The Morgan fingerprint density at radius 1 is 0.789 bits per heavy atom. The molecule has 5 nitrogen and oxygen atoms in total. The van der Waals surface area contributed by atoms with Crippen LogP contribution in [0.25, 0.3) is 10.8 Å². The average Bonchev–Trinajstić information content (AvgIpc) is 2.87. The highest BCUT2D eigenvalue weighted by Gasteiger charge is 2.27. The van der Waals surface area contributed by atoms with Crippen molar-refractivity contribution in [3.8, 4) is 17.2 Å². The average molecular weight is 512 g/mol. The normalized spacial score (nSPS) is 11.8. The summed E-state index contributed by atoms with van der Waals surface area (Å²) >= 11 is 0. The van der Waals surface area contributed by atoms with Crippen molar-refractivity contribution < 1.29 is 19.4 Å². The van der Waals surface area contributed by atoms with Crippen LogP contribution in [0, 0.1) is 5.41 Å². The number of para-hydroxylation sites is 2. The van der Waals surface area contributed by atoms with E-state index in [0.29, 0.717) is 30.0 Å². The molecule has 0 heterocycles. The molecule has 0 unspecified atom stereocenters. The first-order chi connectivity index (χ1) is 18.0. The number of fused-ring (bicyclic) bond motifs is 1. The fourth-order valence-corrected chi connectivity index (χ4v) is 5.07. The van der Waals surface area contributed by atoms with Crippen LogP contribution >= 0.6 is 0 Å². The fraction of sp³-hybridized carbons (Fsp3) is 0.303. The molecule has 4 rings (SSSR count). The zero-order valence-corrected chi connectivity index (χ0v) is 22.9. The van der Waals surface area contributed by atoms with Gasteiger partial charge >= 0.3 is 0 Å². The number of nitrogens with one attached hydrogen (secondary N) is 1. The number of hydrogen-bond donors (Lipinski definition) is 2. The molecule has 0 aliphatic heterocycles. The number of amides is 1. The molecule has 198 valence electrons. The molecule has 4 aromatic rings. The number of phenols is 1. The molecule has 0 saturated heterocycles. The Balaban J connectivity index is 1.34. The van der Waals surface area contributed by atoms with Gasteiger partial charge < -0.3 is 19.9 Å². The smallest absolute Gasteiger partial charge is 0.259 e. The van der Waals surface area contributed by atoms with Crippen molar-refractivity contribution in [3.63, 3.8) is 0 Å². The maximum atomic E-state index is 13.0. The molecule has 2 N–H and O–H groups in total. The summed E-state index contributed by atoms with van der Waals surface area (Å²) in [5.41, 5.74) is 2.35. The molecule has 4 aromatic carbocycles. The minimum atomic E-state index is -0.407. The first kappa shape index (κ1) is 27.1. The number of benzene rings is 4. The molecule has 0 aliphatic rings. The number of ether oxygens (including phenoxy) is 2. The number of carbonyl (C=O) groups is 1. The van der Waals surface area contributed by atoms with Crippen LogP contribution in [0.3, 0.4) is 0 Å². The lowest BCUT2D eigenvalue weighted by Gasteiger charge is -2.33. The molecule has 0 bridgehead atoms. The Morgan fingerprint density at radius 2 is 1.45 bits per heavy atom. The largest absolute Gasteiger partial charge is 0.506 e. The van der Waals surface area contributed by atoms with Gasteiger partial charge in [0.2, 0.25) is 0 Å². The molecule has 0 fully saturated rings. The van der Waals surface area contributed by atoms with Crippen LogP contribution in [0.4, 0.5) is 5.69 Å². The highest BCUT2D eigenvalue weighted by molar-refractivity contribution is 6.10. The highest BCUT2D eigenvalue weighted by Crippen LogP contribution is 2.37. The van der Waals surface area contributed by atoms with Crippen LogP contribution in [0.15, 0.2) is 84.9 Å². The lowest BCUT2D eigenvalue weighted by Crippen LogP contribution is -2.24. The molecule has 38 heavy (non-hydrogen) atoms. The van der Waals surface area contributed by atoms with Gasteiger partial charge in [0.05, 0.1) is 11.3 Å². The van der Waals surface area contributed by atoms with E-state index in [1.54, 1.807) is 24.3 Å². The van der Waals surface area contributed by atoms with E-state index in [4.69, 9.17) is 9.47 Å². The quantitative estimate of drug-likeness (QED) is 0.224. The minimum Gasteiger partial charge on any atom is -0.506 e. The van der Waals surface area contributed by atoms with Crippen molar-refractivity contribution in [1.29, 1.82) is 0 Å². The van der Waals surface area contributed by atoms with Crippen molar-refractivity contribution in [2.24, 2.45) is 5.41 Å². The summed E-state index contributed by atoms with van der Waals surface area (Å²) in [5, 5.41) is 15.0. The third-order valence-corrected chi connectivity index (χ3v) is 6.50. The van der Waals surface area contributed by atoms with Crippen molar-refractivity contribution >= 4 is 22.4 Å². The van der Waals surface area contributed by atoms with Gasteiger partial charge in [0, 0.05) is 5.39 Å². The first-order valence-electron chi connectivity index (χ1n) is 13.0. The second-order valence-electron chi connectivity index (χ2n) is 11.5. The lowest BCUT2D eigenvalue weighted by atomic mass is 9.72. The standard InChI is InChI=1S/C33H37NO4/c1-32(2,3)22-33(4,5)24-15-17-25(18-16-24)37-20-21-38-29-13-9-8-12-28(29)34-31(36)27-19-14-23-10-6-7-11-26(23)30(27)35/h6-19,35H,20-22H2,1-5H3,(H,34,36). The summed E-state index contributed by atoms with van der Waals surface area (Å²) in [6.45, 7) is 12.0. The Kier molecular flexibility index (Phi) is 7.96. The van der Waals surface area contributed by atoms with E-state index in [1.165, 1.54) is 5.56 Å². The van der Waals surface area contributed by atoms with Gasteiger partial charge in [0.25, 0.3) is 5.91 Å². The van der Waals surface area contributed by atoms with Gasteiger partial charge in [0.15, 0.2) is 0 Å². The molecule has 0 radical (unpaired) electrons. The lowest BCUT2D eigenvalue weighted by molar-refractivity contribution is 0.102. The molecule has 5 heteroatoms. The van der Waals surface area contributed by atoms with Gasteiger partial charge in [-0.15, -0.1) is 0 Å². The van der Waals surface area contributed by atoms with Gasteiger partial charge in [-0.2, -0.15) is 0 Å². The number of carbonyl (C=O) groups excluding carboxylic acids is 1. The van der Waals surface area contributed by atoms with Crippen molar-refractivity contribution in [3.05, 3.63) is 96.1 Å². The molecule has 0 spiro atoms. The second-order valence-corrected chi connectivity index (χ2v) is 11.5. The number of phenolic OH excluding ortho intramolecular Hbond substituents is 1. The summed E-state index contributed by atoms with van der Waals surface area (Å²) in [6.07, 6.45) is 1.09. The predicted molar refractivity (Wildman–Crippen MR) is 155 cm³/mol. The third kappa shape index (κ3) is 6.65. The second kappa shape index (κ2) is 11.2. The number of rotatable bonds is 9. The summed E-state index contributed by atoms with van der Waals surface area (Å²) in [7, 11) is 0. The topological polar surface area (TPSA) is 67.8 Å². The van der Waals surface area contributed by atoms with Crippen molar-refractivity contribution in [2.75, 3.05) is 18.5 Å². The van der Waals surface area contributed by atoms with E-state index < -0.39 is 5.91 Å². The number of anilines is 1. The minimum absolute atomic E-state index is 0.0415. The van der Waals surface area contributed by atoms with Crippen LogP contribution in [-0.2, 0) is 5.41 Å². The molecular formula is C33H37NO4. The highest BCUT2D eigenvalue weighted by atomic mass is 16.5. The van der Waals surface area contributed by atoms with Crippen LogP contribution < -0.4 is 14.8 Å². The number of aromatic hydroxyl groups is 1. The van der Waals surface area contributed by atoms with Gasteiger partial charge in [0.1, 0.15) is 30.5 Å². The van der Waals surface area contributed by atoms with Crippen LogP contribution in [-0.4, -0.2) is 24.2 Å². The van der Waals surface area contributed by atoms with E-state index in [-0.39, 0.29) is 22.1 Å². The third-order valence-electron chi connectivity index (χ3n) is 6.50. The van der Waals surface area contributed by atoms with Crippen LogP contribution in [0.5, 0.6) is 17.2 Å². The van der Waals surface area contributed by atoms with Gasteiger partial charge in [-0.05, 0) is 58.5 Å². The Hall–Kier alpha value is -3.99. The summed E-state index contributed by atoms with van der Waals surface area (Å²) < 4.78 is 11.8. The van der Waals surface area contributed by atoms with Gasteiger partial charge in [-0.25, -0.2) is 0 Å². The molecule has 1 amide bonds. The maximum absolute atomic E-state index is 13.0. The van der Waals surface area contributed by atoms with E-state index in [0.717, 1.165) is 17.6 Å². The fourth-order valence-electron chi connectivity index (χ4n) is 5.07. The summed E-state index contributed by atoms with van der Waals surface area (Å²) in [6, 6.07) is 26.4. The Bertz CT molecular complexity index is 1400. The summed E-state index contributed by atoms with van der Waals surface area (Å²) in [4.78, 5) is 13.0. The van der Waals surface area contributed by atoms with E-state index in [1.807, 2.05) is 48.5 Å².